The highest BCUT2D eigenvalue weighted by Gasteiger charge is 2.12. The van der Waals surface area contributed by atoms with E-state index in [0.29, 0.717) is 6.61 Å². The van der Waals surface area contributed by atoms with E-state index in [1.807, 2.05) is 54.6 Å². The van der Waals surface area contributed by atoms with Gasteiger partial charge in [-0.05, 0) is 16.7 Å². The van der Waals surface area contributed by atoms with Crippen LogP contribution in [0, 0.1) is 11.3 Å². The third-order valence-corrected chi connectivity index (χ3v) is 2.86. The van der Waals surface area contributed by atoms with Crippen molar-refractivity contribution >= 4 is 0 Å². The molecule has 2 aromatic carbocycles. The topological polar surface area (TPSA) is 33.0 Å². The average molecular weight is 237 g/mol. The zero-order chi connectivity index (χ0) is 12.8. The van der Waals surface area contributed by atoms with E-state index in [1.54, 1.807) is 7.11 Å². The highest BCUT2D eigenvalue weighted by Crippen LogP contribution is 2.24. The molecule has 1 atom stereocenters. The van der Waals surface area contributed by atoms with E-state index in [1.165, 1.54) is 0 Å². The summed E-state index contributed by atoms with van der Waals surface area (Å²) in [4.78, 5) is 0. The molecule has 0 aliphatic carbocycles. The summed E-state index contributed by atoms with van der Waals surface area (Å²) in [6, 6.07) is 20.2. The summed E-state index contributed by atoms with van der Waals surface area (Å²) in [7, 11) is 1.67. The third kappa shape index (κ3) is 2.77. The lowest BCUT2D eigenvalue weighted by molar-refractivity contribution is 0.185. The number of rotatable bonds is 4. The maximum absolute atomic E-state index is 9.37. The van der Waals surface area contributed by atoms with Crippen LogP contribution in [0.2, 0.25) is 0 Å². The Hall–Kier alpha value is -2.11. The zero-order valence-electron chi connectivity index (χ0n) is 10.3. The minimum absolute atomic E-state index is 0.219. The first-order valence-electron chi connectivity index (χ1n) is 5.87. The van der Waals surface area contributed by atoms with Crippen LogP contribution in [-0.2, 0) is 11.3 Å². The summed E-state index contributed by atoms with van der Waals surface area (Å²) in [5.74, 6) is -0.219. The molecule has 0 bridgehead atoms. The van der Waals surface area contributed by atoms with Gasteiger partial charge in [0.05, 0.1) is 18.6 Å². The smallest absolute Gasteiger partial charge is 0.0962 e. The fourth-order valence-electron chi connectivity index (χ4n) is 2.02. The molecule has 0 radical (unpaired) electrons. The van der Waals surface area contributed by atoms with Crippen molar-refractivity contribution in [3.8, 4) is 6.07 Å². The van der Waals surface area contributed by atoms with Gasteiger partial charge in [-0.25, -0.2) is 0 Å². The number of methoxy groups -OCH3 is 1. The SMILES string of the molecule is COCc1cccc(C(C#N)c2ccccc2)c1. The summed E-state index contributed by atoms with van der Waals surface area (Å²) in [5.41, 5.74) is 3.12. The molecule has 0 aliphatic rings. The average Bonchev–Trinajstić information content (AvgIpc) is 2.42. The molecule has 0 fully saturated rings. The maximum Gasteiger partial charge on any atom is 0.0962 e. The van der Waals surface area contributed by atoms with Crippen molar-refractivity contribution < 1.29 is 4.74 Å². The van der Waals surface area contributed by atoms with E-state index >= 15 is 0 Å². The van der Waals surface area contributed by atoms with Gasteiger partial charge >= 0.3 is 0 Å². The molecule has 0 amide bonds. The number of hydrogen-bond acceptors (Lipinski definition) is 2. The van der Waals surface area contributed by atoms with Crippen molar-refractivity contribution in [3.63, 3.8) is 0 Å². The number of hydrogen-bond donors (Lipinski definition) is 0. The second kappa shape index (κ2) is 6.00. The van der Waals surface area contributed by atoms with Crippen LogP contribution in [0.5, 0.6) is 0 Å². The summed E-state index contributed by atoms with van der Waals surface area (Å²) in [6.45, 7) is 0.570. The van der Waals surface area contributed by atoms with Gasteiger partial charge in [-0.15, -0.1) is 0 Å². The van der Waals surface area contributed by atoms with Crippen molar-refractivity contribution in [2.24, 2.45) is 0 Å². The second-order valence-corrected chi connectivity index (χ2v) is 4.15. The fraction of sp³-hybridized carbons (Fsp3) is 0.188. The third-order valence-electron chi connectivity index (χ3n) is 2.86. The van der Waals surface area contributed by atoms with Gasteiger partial charge in [0.15, 0.2) is 0 Å². The van der Waals surface area contributed by atoms with Gasteiger partial charge in [-0.1, -0.05) is 54.6 Å². The predicted molar refractivity (Wildman–Crippen MR) is 71.1 cm³/mol. The predicted octanol–water partition coefficient (Wildman–Crippen LogP) is 3.49. The Kier molecular flexibility index (Phi) is 4.11. The molecule has 2 aromatic rings. The van der Waals surface area contributed by atoms with E-state index in [4.69, 9.17) is 4.74 Å². The molecule has 0 heterocycles. The molecule has 0 saturated heterocycles. The summed E-state index contributed by atoms with van der Waals surface area (Å²) in [5, 5.41) is 9.37. The summed E-state index contributed by atoms with van der Waals surface area (Å²) in [6.07, 6.45) is 0. The first kappa shape index (κ1) is 12.3. The van der Waals surface area contributed by atoms with Gasteiger partial charge in [0.25, 0.3) is 0 Å². The Bertz CT molecular complexity index is 543. The van der Waals surface area contributed by atoms with Crippen LogP contribution in [-0.4, -0.2) is 7.11 Å². The number of nitrogens with zero attached hydrogens (tertiary/aromatic N) is 1. The van der Waals surface area contributed by atoms with E-state index in [0.717, 1.165) is 16.7 Å². The number of benzene rings is 2. The first-order valence-corrected chi connectivity index (χ1v) is 5.87. The molecule has 1 unspecified atom stereocenters. The van der Waals surface area contributed by atoms with Gasteiger partial charge < -0.3 is 4.74 Å². The summed E-state index contributed by atoms with van der Waals surface area (Å²) < 4.78 is 5.12. The zero-order valence-corrected chi connectivity index (χ0v) is 10.3. The monoisotopic (exact) mass is 237 g/mol. The van der Waals surface area contributed by atoms with Gasteiger partial charge in [-0.2, -0.15) is 5.26 Å². The molecule has 0 N–H and O–H groups in total. The van der Waals surface area contributed by atoms with Crippen LogP contribution in [0.3, 0.4) is 0 Å². The van der Waals surface area contributed by atoms with Crippen LogP contribution in [0.4, 0.5) is 0 Å². The van der Waals surface area contributed by atoms with Crippen molar-refractivity contribution in [2.75, 3.05) is 7.11 Å². The molecule has 0 aliphatic heterocycles. The highest BCUT2D eigenvalue weighted by molar-refractivity contribution is 5.39. The van der Waals surface area contributed by atoms with Crippen LogP contribution in [0.25, 0.3) is 0 Å². The molecule has 2 heteroatoms. The van der Waals surface area contributed by atoms with Crippen molar-refractivity contribution in [1.29, 1.82) is 5.26 Å². The highest BCUT2D eigenvalue weighted by atomic mass is 16.5. The summed E-state index contributed by atoms with van der Waals surface area (Å²) >= 11 is 0. The van der Waals surface area contributed by atoms with Crippen LogP contribution < -0.4 is 0 Å². The Morgan fingerprint density at radius 3 is 2.44 bits per heavy atom. The van der Waals surface area contributed by atoms with Crippen molar-refractivity contribution in [1.82, 2.24) is 0 Å². The molecular weight excluding hydrogens is 222 g/mol. The quantitative estimate of drug-likeness (QED) is 0.815. The molecular formula is C16H15NO. The molecule has 18 heavy (non-hydrogen) atoms. The first-order chi connectivity index (χ1) is 8.85. The van der Waals surface area contributed by atoms with Crippen molar-refractivity contribution in [2.45, 2.75) is 12.5 Å². The Labute approximate surface area is 107 Å². The number of nitriles is 1. The van der Waals surface area contributed by atoms with Crippen LogP contribution >= 0.6 is 0 Å². The van der Waals surface area contributed by atoms with Crippen LogP contribution in [0.1, 0.15) is 22.6 Å². The lowest BCUT2D eigenvalue weighted by Gasteiger charge is -2.11. The minimum Gasteiger partial charge on any atom is -0.380 e. The molecule has 2 nitrogen and oxygen atoms in total. The molecule has 90 valence electrons. The molecule has 0 saturated carbocycles. The molecule has 0 aromatic heterocycles. The van der Waals surface area contributed by atoms with E-state index in [2.05, 4.69) is 6.07 Å². The van der Waals surface area contributed by atoms with Gasteiger partial charge in [0.1, 0.15) is 0 Å². The van der Waals surface area contributed by atoms with Crippen LogP contribution in [0.15, 0.2) is 54.6 Å². The Morgan fingerprint density at radius 1 is 1.06 bits per heavy atom. The lowest BCUT2D eigenvalue weighted by atomic mass is 9.92. The largest absolute Gasteiger partial charge is 0.380 e. The van der Waals surface area contributed by atoms with Gasteiger partial charge in [0.2, 0.25) is 0 Å². The normalized spacial score (nSPS) is 11.8. The van der Waals surface area contributed by atoms with Crippen molar-refractivity contribution in [3.05, 3.63) is 71.3 Å². The van der Waals surface area contributed by atoms with Gasteiger partial charge in [-0.3, -0.25) is 0 Å². The lowest BCUT2D eigenvalue weighted by Crippen LogP contribution is -1.99. The molecule has 0 spiro atoms. The fourth-order valence-corrected chi connectivity index (χ4v) is 2.02. The molecule has 2 rings (SSSR count). The standard InChI is InChI=1S/C16H15NO/c1-18-12-13-6-5-9-15(10-13)16(11-17)14-7-3-2-4-8-14/h2-10,16H,12H2,1H3. The number of ether oxygens (including phenoxy) is 1. The van der Waals surface area contributed by atoms with Gasteiger partial charge in [0, 0.05) is 7.11 Å². The maximum atomic E-state index is 9.37. The van der Waals surface area contributed by atoms with E-state index in [-0.39, 0.29) is 5.92 Å². The Morgan fingerprint density at radius 2 is 1.78 bits per heavy atom. The second-order valence-electron chi connectivity index (χ2n) is 4.15. The minimum atomic E-state index is -0.219. The van der Waals surface area contributed by atoms with E-state index < -0.39 is 0 Å². The van der Waals surface area contributed by atoms with E-state index in [9.17, 15) is 5.26 Å². The Balaban J connectivity index is 2.34.